The molecule has 94 valence electrons. The molecule has 1 unspecified atom stereocenters. The average molecular weight is 225 g/mol. The first kappa shape index (κ1) is 12.4. The zero-order valence-corrected chi connectivity index (χ0v) is 10.7. The van der Waals surface area contributed by atoms with E-state index in [-0.39, 0.29) is 0 Å². The van der Waals surface area contributed by atoms with Crippen molar-refractivity contribution in [2.45, 2.75) is 70.4 Å². The zero-order valence-electron chi connectivity index (χ0n) is 10.7. The van der Waals surface area contributed by atoms with Crippen LogP contribution in [0, 0.1) is 5.92 Å². The smallest absolute Gasteiger partial charge is 0.0615 e. The Balaban J connectivity index is 1.64. The highest BCUT2D eigenvalue weighted by atomic mass is 16.5. The summed E-state index contributed by atoms with van der Waals surface area (Å²) < 4.78 is 5.92. The van der Waals surface area contributed by atoms with Crippen molar-refractivity contribution in [1.29, 1.82) is 0 Å². The minimum atomic E-state index is 0.528. The first-order valence-electron chi connectivity index (χ1n) is 7.25. The van der Waals surface area contributed by atoms with Crippen LogP contribution in [0.15, 0.2) is 0 Å². The molecular formula is C14H27NO. The minimum Gasteiger partial charge on any atom is -0.378 e. The van der Waals surface area contributed by atoms with E-state index in [1.54, 1.807) is 0 Å². The number of rotatable bonds is 7. The third kappa shape index (κ3) is 3.46. The second-order valence-electron chi connectivity index (χ2n) is 5.41. The summed E-state index contributed by atoms with van der Waals surface area (Å²) in [5.41, 5.74) is 0. The molecule has 1 N–H and O–H groups in total. The molecule has 0 aromatic carbocycles. The highest BCUT2D eigenvalue weighted by Crippen LogP contribution is 2.30. The summed E-state index contributed by atoms with van der Waals surface area (Å²) in [6, 6.07) is 0.825. The Morgan fingerprint density at radius 1 is 1.12 bits per heavy atom. The Morgan fingerprint density at radius 2 is 1.88 bits per heavy atom. The van der Waals surface area contributed by atoms with Crippen molar-refractivity contribution < 1.29 is 4.74 Å². The lowest BCUT2D eigenvalue weighted by Gasteiger charge is -2.29. The molecule has 2 rings (SSSR count). The molecule has 2 heteroatoms. The van der Waals surface area contributed by atoms with Gasteiger partial charge in [-0.1, -0.05) is 19.3 Å². The van der Waals surface area contributed by atoms with Gasteiger partial charge in [-0.15, -0.1) is 0 Å². The maximum Gasteiger partial charge on any atom is 0.0615 e. The van der Waals surface area contributed by atoms with Crippen LogP contribution in [0.5, 0.6) is 0 Å². The molecule has 0 saturated heterocycles. The molecule has 2 nitrogen and oxygen atoms in total. The molecule has 2 aliphatic rings. The van der Waals surface area contributed by atoms with Gasteiger partial charge in [0.15, 0.2) is 0 Å². The second kappa shape index (κ2) is 6.61. The van der Waals surface area contributed by atoms with Crippen LogP contribution in [0.4, 0.5) is 0 Å². The molecule has 0 heterocycles. The van der Waals surface area contributed by atoms with Crippen molar-refractivity contribution in [3.8, 4) is 0 Å². The van der Waals surface area contributed by atoms with Crippen LogP contribution in [0.1, 0.15) is 58.3 Å². The summed E-state index contributed by atoms with van der Waals surface area (Å²) in [5, 5.41) is 3.65. The molecule has 16 heavy (non-hydrogen) atoms. The van der Waals surface area contributed by atoms with E-state index in [1.165, 1.54) is 51.4 Å². The van der Waals surface area contributed by atoms with Gasteiger partial charge in [0.25, 0.3) is 0 Å². The molecule has 0 radical (unpaired) electrons. The Hall–Kier alpha value is -0.0800. The molecule has 2 saturated carbocycles. The number of hydrogen-bond donors (Lipinski definition) is 1. The minimum absolute atomic E-state index is 0.528. The monoisotopic (exact) mass is 225 g/mol. The molecular weight excluding hydrogens is 198 g/mol. The summed E-state index contributed by atoms with van der Waals surface area (Å²) >= 11 is 0. The fourth-order valence-electron chi connectivity index (χ4n) is 3.04. The van der Waals surface area contributed by atoms with Crippen LogP contribution in [-0.4, -0.2) is 25.3 Å². The lowest BCUT2D eigenvalue weighted by atomic mass is 9.92. The normalized spacial score (nSPS) is 24.6. The molecule has 2 aliphatic carbocycles. The van der Waals surface area contributed by atoms with Crippen molar-refractivity contribution in [3.63, 3.8) is 0 Å². The van der Waals surface area contributed by atoms with Gasteiger partial charge in [-0.25, -0.2) is 0 Å². The van der Waals surface area contributed by atoms with Gasteiger partial charge >= 0.3 is 0 Å². The summed E-state index contributed by atoms with van der Waals surface area (Å²) in [5.74, 6) is 0.850. The van der Waals surface area contributed by atoms with Gasteiger partial charge < -0.3 is 10.1 Å². The van der Waals surface area contributed by atoms with Gasteiger partial charge in [0.05, 0.1) is 6.10 Å². The molecule has 0 aliphatic heterocycles. The van der Waals surface area contributed by atoms with Crippen molar-refractivity contribution >= 4 is 0 Å². The SMILES string of the molecule is CCOC(CCNC1CCC1)C1CCCC1. The van der Waals surface area contributed by atoms with E-state index in [0.29, 0.717) is 6.10 Å². The summed E-state index contributed by atoms with van der Waals surface area (Å²) in [6.07, 6.45) is 11.6. The largest absolute Gasteiger partial charge is 0.378 e. The predicted octanol–water partition coefficient (Wildman–Crippen LogP) is 3.11. The van der Waals surface area contributed by atoms with Crippen LogP contribution in [-0.2, 0) is 4.74 Å². The Kier molecular flexibility index (Phi) is 5.11. The maximum absolute atomic E-state index is 5.92. The zero-order chi connectivity index (χ0) is 11.2. The number of ether oxygens (including phenoxy) is 1. The van der Waals surface area contributed by atoms with E-state index in [2.05, 4.69) is 12.2 Å². The van der Waals surface area contributed by atoms with E-state index in [1.807, 2.05) is 0 Å². The maximum atomic E-state index is 5.92. The topological polar surface area (TPSA) is 21.3 Å². The highest BCUT2D eigenvalue weighted by Gasteiger charge is 2.25. The number of nitrogens with one attached hydrogen (secondary N) is 1. The standard InChI is InChI=1S/C14H27NO/c1-2-16-14(12-6-3-4-7-12)10-11-15-13-8-5-9-13/h12-15H,2-11H2,1H3. The third-order valence-electron chi connectivity index (χ3n) is 4.27. The van der Waals surface area contributed by atoms with E-state index in [9.17, 15) is 0 Å². The summed E-state index contributed by atoms with van der Waals surface area (Å²) in [6.45, 7) is 4.16. The fraction of sp³-hybridized carbons (Fsp3) is 1.00. The first-order valence-corrected chi connectivity index (χ1v) is 7.25. The van der Waals surface area contributed by atoms with Gasteiger partial charge in [-0.05, 0) is 51.5 Å². The van der Waals surface area contributed by atoms with E-state index in [0.717, 1.165) is 25.1 Å². The lowest BCUT2D eigenvalue weighted by molar-refractivity contribution is 0.0154. The van der Waals surface area contributed by atoms with Gasteiger partial charge in [0, 0.05) is 12.6 Å². The molecule has 0 bridgehead atoms. The van der Waals surface area contributed by atoms with Gasteiger partial charge in [0.2, 0.25) is 0 Å². The van der Waals surface area contributed by atoms with Gasteiger partial charge in [-0.3, -0.25) is 0 Å². The van der Waals surface area contributed by atoms with Crippen molar-refractivity contribution in [1.82, 2.24) is 5.32 Å². The second-order valence-corrected chi connectivity index (χ2v) is 5.41. The van der Waals surface area contributed by atoms with Crippen molar-refractivity contribution in [2.24, 2.45) is 5.92 Å². The Morgan fingerprint density at radius 3 is 2.44 bits per heavy atom. The van der Waals surface area contributed by atoms with Crippen molar-refractivity contribution in [2.75, 3.05) is 13.2 Å². The van der Waals surface area contributed by atoms with E-state index in [4.69, 9.17) is 4.74 Å². The molecule has 0 aromatic rings. The Bertz CT molecular complexity index is 185. The number of hydrogen-bond acceptors (Lipinski definition) is 2. The molecule has 0 aromatic heterocycles. The van der Waals surface area contributed by atoms with Crippen LogP contribution in [0.3, 0.4) is 0 Å². The van der Waals surface area contributed by atoms with E-state index < -0.39 is 0 Å². The highest BCUT2D eigenvalue weighted by molar-refractivity contribution is 4.80. The van der Waals surface area contributed by atoms with Gasteiger partial charge in [0.1, 0.15) is 0 Å². The molecule has 2 fully saturated rings. The Labute approximate surface area is 100 Å². The quantitative estimate of drug-likeness (QED) is 0.719. The van der Waals surface area contributed by atoms with Crippen LogP contribution < -0.4 is 5.32 Å². The van der Waals surface area contributed by atoms with E-state index >= 15 is 0 Å². The third-order valence-corrected chi connectivity index (χ3v) is 4.27. The summed E-state index contributed by atoms with van der Waals surface area (Å²) in [4.78, 5) is 0. The fourth-order valence-corrected chi connectivity index (χ4v) is 3.04. The average Bonchev–Trinajstić information content (AvgIpc) is 2.73. The van der Waals surface area contributed by atoms with Crippen LogP contribution in [0.25, 0.3) is 0 Å². The molecule has 1 atom stereocenters. The first-order chi connectivity index (χ1) is 7.90. The summed E-state index contributed by atoms with van der Waals surface area (Å²) in [7, 11) is 0. The molecule has 0 amide bonds. The van der Waals surface area contributed by atoms with Crippen molar-refractivity contribution in [3.05, 3.63) is 0 Å². The predicted molar refractivity (Wildman–Crippen MR) is 67.6 cm³/mol. The van der Waals surface area contributed by atoms with Crippen LogP contribution in [0.2, 0.25) is 0 Å². The van der Waals surface area contributed by atoms with Crippen LogP contribution >= 0.6 is 0 Å². The van der Waals surface area contributed by atoms with Gasteiger partial charge in [-0.2, -0.15) is 0 Å². The lowest BCUT2D eigenvalue weighted by Crippen LogP contribution is -2.37. The molecule has 0 spiro atoms.